The van der Waals surface area contributed by atoms with Gasteiger partial charge in [-0.1, -0.05) is 39.8 Å². The van der Waals surface area contributed by atoms with Gasteiger partial charge in [0.1, 0.15) is 0 Å². The van der Waals surface area contributed by atoms with E-state index in [1.165, 1.54) is 0 Å². The van der Waals surface area contributed by atoms with Crippen LogP contribution in [-0.4, -0.2) is 17.6 Å². The van der Waals surface area contributed by atoms with Crippen molar-refractivity contribution in [1.29, 1.82) is 0 Å². The molecule has 1 amide bonds. The van der Waals surface area contributed by atoms with Crippen molar-refractivity contribution in [2.75, 3.05) is 11.9 Å². The molecule has 1 aromatic rings. The van der Waals surface area contributed by atoms with Crippen LogP contribution in [0.1, 0.15) is 46.1 Å². The second kappa shape index (κ2) is 7.44. The molecule has 0 saturated heterocycles. The summed E-state index contributed by atoms with van der Waals surface area (Å²) in [5.74, 6) is 0.445. The summed E-state index contributed by atoms with van der Waals surface area (Å²) in [5.41, 5.74) is 2.15. The van der Waals surface area contributed by atoms with E-state index in [0.717, 1.165) is 17.7 Å². The lowest BCUT2D eigenvalue weighted by atomic mass is 9.84. The Bertz CT molecular complexity index is 418. The molecule has 1 aromatic carbocycles. The van der Waals surface area contributed by atoms with Gasteiger partial charge in [-0.05, 0) is 41.9 Å². The monoisotopic (exact) mass is 277 g/mol. The summed E-state index contributed by atoms with van der Waals surface area (Å²) >= 11 is 0. The molecule has 0 aromatic heterocycles. The first kappa shape index (κ1) is 16.7. The lowest BCUT2D eigenvalue weighted by molar-refractivity contribution is -0.117. The van der Waals surface area contributed by atoms with Crippen molar-refractivity contribution in [3.8, 4) is 0 Å². The van der Waals surface area contributed by atoms with Crippen molar-refractivity contribution in [3.63, 3.8) is 0 Å². The second-order valence-electron chi connectivity index (χ2n) is 6.79. The molecule has 112 valence electrons. The van der Waals surface area contributed by atoms with E-state index in [2.05, 4.69) is 33.0 Å². The quantitative estimate of drug-likeness (QED) is 0.834. The minimum Gasteiger partial charge on any atom is -0.396 e. The molecule has 0 aliphatic heterocycles. The fourth-order valence-corrected chi connectivity index (χ4v) is 2.53. The normalized spacial score (nSPS) is 13.1. The number of nitrogens with one attached hydrogen (secondary N) is 1. The Hall–Kier alpha value is -1.35. The Labute approximate surface area is 122 Å². The van der Waals surface area contributed by atoms with Crippen LogP contribution in [0.15, 0.2) is 24.3 Å². The first-order valence-electron chi connectivity index (χ1n) is 7.30. The van der Waals surface area contributed by atoms with E-state index in [4.69, 9.17) is 5.11 Å². The van der Waals surface area contributed by atoms with Crippen molar-refractivity contribution in [3.05, 3.63) is 29.8 Å². The van der Waals surface area contributed by atoms with Crippen molar-refractivity contribution in [2.45, 2.75) is 47.0 Å². The molecule has 1 unspecified atom stereocenters. The van der Waals surface area contributed by atoms with Gasteiger partial charge in [0.05, 0.1) is 0 Å². The Balaban J connectivity index is 2.45. The predicted octanol–water partition coefficient (Wildman–Crippen LogP) is 3.62. The Kier molecular flexibility index (Phi) is 6.21. The van der Waals surface area contributed by atoms with Crippen LogP contribution >= 0.6 is 0 Å². The van der Waals surface area contributed by atoms with Gasteiger partial charge >= 0.3 is 0 Å². The third-order valence-electron chi connectivity index (χ3n) is 3.13. The van der Waals surface area contributed by atoms with Crippen LogP contribution in [0.3, 0.4) is 0 Å². The summed E-state index contributed by atoms with van der Waals surface area (Å²) in [6, 6.07) is 7.64. The molecule has 0 radical (unpaired) electrons. The van der Waals surface area contributed by atoms with Gasteiger partial charge in [-0.3, -0.25) is 4.79 Å². The summed E-state index contributed by atoms with van der Waals surface area (Å²) in [6.07, 6.45) is 2.24. The van der Waals surface area contributed by atoms with Gasteiger partial charge < -0.3 is 10.4 Å². The lowest BCUT2D eigenvalue weighted by Gasteiger charge is -2.22. The molecule has 0 spiro atoms. The van der Waals surface area contributed by atoms with E-state index in [1.807, 2.05) is 24.3 Å². The van der Waals surface area contributed by atoms with Crippen molar-refractivity contribution < 1.29 is 9.90 Å². The lowest BCUT2D eigenvalue weighted by Crippen LogP contribution is -2.18. The van der Waals surface area contributed by atoms with Crippen molar-refractivity contribution in [1.82, 2.24) is 0 Å². The fraction of sp³-hybridized carbons (Fsp3) is 0.588. The molecular weight excluding hydrogens is 250 g/mol. The van der Waals surface area contributed by atoms with Gasteiger partial charge in [-0.15, -0.1) is 0 Å². The second-order valence-corrected chi connectivity index (χ2v) is 6.79. The van der Waals surface area contributed by atoms with E-state index in [9.17, 15) is 4.79 Å². The number of hydrogen-bond acceptors (Lipinski definition) is 2. The van der Waals surface area contributed by atoms with Crippen molar-refractivity contribution >= 4 is 11.6 Å². The van der Waals surface area contributed by atoms with Gasteiger partial charge in [-0.2, -0.15) is 0 Å². The number of anilines is 1. The molecule has 0 fully saturated rings. The molecule has 2 N–H and O–H groups in total. The van der Waals surface area contributed by atoms with Gasteiger partial charge in [0.2, 0.25) is 5.91 Å². The number of aliphatic hydroxyl groups excluding tert-OH is 1. The molecule has 0 heterocycles. The maximum atomic E-state index is 12.0. The van der Waals surface area contributed by atoms with Gasteiger partial charge in [0.25, 0.3) is 0 Å². The topological polar surface area (TPSA) is 49.3 Å². The van der Waals surface area contributed by atoms with Crippen LogP contribution in [0.5, 0.6) is 0 Å². The van der Waals surface area contributed by atoms with Crippen LogP contribution in [0.2, 0.25) is 0 Å². The molecule has 0 aliphatic carbocycles. The highest BCUT2D eigenvalue weighted by atomic mass is 16.2. The van der Waals surface area contributed by atoms with Gasteiger partial charge in [0.15, 0.2) is 0 Å². The SMILES string of the molecule is CC(CC(=O)Nc1ccc(CCO)cc1)CC(C)(C)C. The average Bonchev–Trinajstić information content (AvgIpc) is 2.29. The molecule has 0 bridgehead atoms. The number of carbonyl (C=O) groups excluding carboxylic acids is 1. The van der Waals surface area contributed by atoms with Crippen LogP contribution in [-0.2, 0) is 11.2 Å². The van der Waals surface area contributed by atoms with E-state index in [1.54, 1.807) is 0 Å². The minimum absolute atomic E-state index is 0.0664. The zero-order valence-corrected chi connectivity index (χ0v) is 13.1. The number of amides is 1. The molecule has 1 atom stereocenters. The van der Waals surface area contributed by atoms with Gasteiger partial charge in [-0.25, -0.2) is 0 Å². The largest absolute Gasteiger partial charge is 0.396 e. The highest BCUT2D eigenvalue weighted by Crippen LogP contribution is 2.26. The summed E-state index contributed by atoms with van der Waals surface area (Å²) in [5, 5.41) is 11.8. The summed E-state index contributed by atoms with van der Waals surface area (Å²) in [7, 11) is 0. The minimum atomic E-state index is 0.0664. The number of benzene rings is 1. The smallest absolute Gasteiger partial charge is 0.224 e. The summed E-state index contributed by atoms with van der Waals surface area (Å²) < 4.78 is 0. The Morgan fingerprint density at radius 3 is 2.35 bits per heavy atom. The third kappa shape index (κ3) is 6.71. The van der Waals surface area contributed by atoms with Crippen molar-refractivity contribution in [2.24, 2.45) is 11.3 Å². The predicted molar refractivity (Wildman–Crippen MR) is 83.7 cm³/mol. The zero-order chi connectivity index (χ0) is 15.2. The molecule has 3 heteroatoms. The maximum Gasteiger partial charge on any atom is 0.224 e. The summed E-state index contributed by atoms with van der Waals surface area (Å²) in [4.78, 5) is 12.0. The molecule has 0 aliphatic rings. The summed E-state index contributed by atoms with van der Waals surface area (Å²) in [6.45, 7) is 8.86. The third-order valence-corrected chi connectivity index (χ3v) is 3.13. The van der Waals surface area contributed by atoms with Crippen LogP contribution in [0, 0.1) is 11.3 Å². The van der Waals surface area contributed by atoms with E-state index in [-0.39, 0.29) is 17.9 Å². The van der Waals surface area contributed by atoms with E-state index >= 15 is 0 Å². The average molecular weight is 277 g/mol. The number of carbonyl (C=O) groups is 1. The van der Waals surface area contributed by atoms with Crippen LogP contribution in [0.4, 0.5) is 5.69 Å². The Morgan fingerprint density at radius 1 is 1.25 bits per heavy atom. The van der Waals surface area contributed by atoms with E-state index in [0.29, 0.717) is 18.8 Å². The first-order chi connectivity index (χ1) is 9.30. The molecular formula is C17H27NO2. The number of rotatable bonds is 6. The number of hydrogen-bond donors (Lipinski definition) is 2. The van der Waals surface area contributed by atoms with Crippen LogP contribution in [0.25, 0.3) is 0 Å². The molecule has 20 heavy (non-hydrogen) atoms. The standard InChI is InChI=1S/C17H27NO2/c1-13(12-17(2,3)4)11-16(20)18-15-7-5-14(6-8-15)9-10-19/h5-8,13,19H,9-12H2,1-4H3,(H,18,20). The highest BCUT2D eigenvalue weighted by Gasteiger charge is 2.17. The first-order valence-corrected chi connectivity index (χ1v) is 7.30. The molecule has 3 nitrogen and oxygen atoms in total. The maximum absolute atomic E-state index is 12.0. The highest BCUT2D eigenvalue weighted by molar-refractivity contribution is 5.90. The zero-order valence-electron chi connectivity index (χ0n) is 13.1. The molecule has 0 saturated carbocycles. The Morgan fingerprint density at radius 2 is 1.85 bits per heavy atom. The fourth-order valence-electron chi connectivity index (χ4n) is 2.53. The number of aliphatic hydroxyl groups is 1. The van der Waals surface area contributed by atoms with E-state index < -0.39 is 0 Å². The molecule has 1 rings (SSSR count). The van der Waals surface area contributed by atoms with Gasteiger partial charge in [0, 0.05) is 18.7 Å². The van der Waals surface area contributed by atoms with Crippen LogP contribution < -0.4 is 5.32 Å².